The number of nitrogens with zero attached hydrogens (tertiary/aromatic N) is 3. The Hall–Kier alpha value is -2.77. The maximum Gasteiger partial charge on any atom is 0.270 e. The molecule has 0 spiro atoms. The maximum atomic E-state index is 12.9. The van der Waals surface area contributed by atoms with E-state index in [0.29, 0.717) is 26.3 Å². The fourth-order valence-corrected chi connectivity index (χ4v) is 4.21. The number of amides is 1. The van der Waals surface area contributed by atoms with Crippen LogP contribution in [-0.4, -0.2) is 25.6 Å². The van der Waals surface area contributed by atoms with Gasteiger partial charge in [-0.3, -0.25) is 14.5 Å². The van der Waals surface area contributed by atoms with E-state index in [1.54, 1.807) is 30.3 Å². The molecule has 0 radical (unpaired) electrons. The van der Waals surface area contributed by atoms with Gasteiger partial charge in [0.2, 0.25) is 0 Å². The zero-order valence-corrected chi connectivity index (χ0v) is 16.3. The highest BCUT2D eigenvalue weighted by atomic mass is 32.2. The van der Waals surface area contributed by atoms with Crippen molar-refractivity contribution in [1.82, 2.24) is 9.55 Å². The first kappa shape index (κ1) is 17.6. The Morgan fingerprint density at radius 3 is 2.52 bits per heavy atom. The van der Waals surface area contributed by atoms with Crippen LogP contribution in [0.2, 0.25) is 0 Å². The van der Waals surface area contributed by atoms with E-state index in [-0.39, 0.29) is 11.7 Å². The average Bonchev–Trinajstić information content (AvgIpc) is 3.12. The lowest BCUT2D eigenvalue weighted by atomic mass is 10.1. The second-order valence-electron chi connectivity index (χ2n) is 6.14. The topological polar surface area (TPSA) is 55.2 Å². The van der Waals surface area contributed by atoms with Crippen molar-refractivity contribution in [3.8, 4) is 0 Å². The molecule has 3 aromatic rings. The number of anilines is 1. The van der Waals surface area contributed by atoms with E-state index in [0.717, 1.165) is 11.0 Å². The SMILES string of the molecule is CC(=O)c1ccc(N2C(=O)C(=Cc3nc4ccccc4n3C)SC2=S)cc1. The highest BCUT2D eigenvalue weighted by Crippen LogP contribution is 2.36. The van der Waals surface area contributed by atoms with Gasteiger partial charge in [0.05, 0.1) is 21.6 Å². The Bertz CT molecular complexity index is 1130. The van der Waals surface area contributed by atoms with Gasteiger partial charge >= 0.3 is 0 Å². The summed E-state index contributed by atoms with van der Waals surface area (Å²) in [5.41, 5.74) is 3.12. The number of carbonyl (C=O) groups is 2. The summed E-state index contributed by atoms with van der Waals surface area (Å²) in [6, 6.07) is 14.7. The number of thiocarbonyl (C=S) groups is 1. The van der Waals surface area contributed by atoms with Gasteiger partial charge in [-0.2, -0.15) is 0 Å². The first-order chi connectivity index (χ1) is 13.0. The zero-order chi connectivity index (χ0) is 19.1. The van der Waals surface area contributed by atoms with Crippen LogP contribution < -0.4 is 4.90 Å². The minimum absolute atomic E-state index is 0.0197. The summed E-state index contributed by atoms with van der Waals surface area (Å²) in [7, 11) is 1.92. The molecular weight excluding hydrogens is 378 g/mol. The van der Waals surface area contributed by atoms with E-state index in [4.69, 9.17) is 12.2 Å². The number of ketones is 1. The molecule has 7 heteroatoms. The van der Waals surface area contributed by atoms with E-state index in [2.05, 4.69) is 4.98 Å². The van der Waals surface area contributed by atoms with Crippen molar-refractivity contribution in [3.63, 3.8) is 0 Å². The van der Waals surface area contributed by atoms with Crippen molar-refractivity contribution in [2.45, 2.75) is 6.92 Å². The van der Waals surface area contributed by atoms with Gasteiger partial charge < -0.3 is 4.57 Å². The van der Waals surface area contributed by atoms with Crippen LogP contribution in [0.1, 0.15) is 23.1 Å². The number of hydrogen-bond acceptors (Lipinski definition) is 5. The second-order valence-corrected chi connectivity index (χ2v) is 7.81. The summed E-state index contributed by atoms with van der Waals surface area (Å²) in [5.74, 6) is 0.491. The number of thioether (sulfide) groups is 1. The molecule has 4 rings (SSSR count). The number of rotatable bonds is 3. The summed E-state index contributed by atoms with van der Waals surface area (Å²) in [5, 5.41) is 0. The lowest BCUT2D eigenvalue weighted by Gasteiger charge is -2.14. The van der Waals surface area contributed by atoms with Gasteiger partial charge in [0.15, 0.2) is 10.1 Å². The third-order valence-electron chi connectivity index (χ3n) is 4.41. The molecule has 1 amide bonds. The fraction of sp³-hybridized carbons (Fsp3) is 0.100. The van der Waals surface area contributed by atoms with E-state index in [1.807, 2.05) is 35.9 Å². The van der Waals surface area contributed by atoms with E-state index in [9.17, 15) is 9.59 Å². The molecule has 1 aliphatic rings. The molecule has 1 saturated heterocycles. The van der Waals surface area contributed by atoms with Crippen molar-refractivity contribution >= 4 is 62.8 Å². The molecule has 1 aliphatic heterocycles. The van der Waals surface area contributed by atoms with Crippen LogP contribution in [0.15, 0.2) is 53.4 Å². The Labute approximate surface area is 165 Å². The molecule has 1 fully saturated rings. The van der Waals surface area contributed by atoms with Crippen LogP contribution in [0.4, 0.5) is 5.69 Å². The number of hydrogen-bond donors (Lipinski definition) is 0. The fourth-order valence-electron chi connectivity index (χ4n) is 2.95. The quantitative estimate of drug-likeness (QED) is 0.380. The number of Topliss-reactive ketones (excluding diaryl/α,β-unsaturated/α-hetero) is 1. The predicted molar refractivity (Wildman–Crippen MR) is 113 cm³/mol. The first-order valence-electron chi connectivity index (χ1n) is 8.26. The van der Waals surface area contributed by atoms with Gasteiger partial charge in [-0.05, 0) is 43.3 Å². The maximum absolute atomic E-state index is 12.9. The van der Waals surface area contributed by atoms with Crippen LogP contribution >= 0.6 is 24.0 Å². The average molecular weight is 393 g/mol. The molecule has 27 heavy (non-hydrogen) atoms. The lowest BCUT2D eigenvalue weighted by molar-refractivity contribution is -0.113. The molecule has 0 N–H and O–H groups in total. The molecule has 0 saturated carbocycles. The normalized spacial score (nSPS) is 15.9. The number of carbonyl (C=O) groups excluding carboxylic acids is 2. The Morgan fingerprint density at radius 2 is 1.85 bits per heavy atom. The van der Waals surface area contributed by atoms with Crippen molar-refractivity contribution in [1.29, 1.82) is 0 Å². The molecule has 0 aliphatic carbocycles. The lowest BCUT2D eigenvalue weighted by Crippen LogP contribution is -2.27. The van der Waals surface area contributed by atoms with Crippen molar-refractivity contribution in [2.24, 2.45) is 7.05 Å². The van der Waals surface area contributed by atoms with Crippen LogP contribution in [-0.2, 0) is 11.8 Å². The van der Waals surface area contributed by atoms with Gasteiger partial charge in [0.1, 0.15) is 5.82 Å². The molecule has 0 atom stereocenters. The van der Waals surface area contributed by atoms with Gasteiger partial charge in [0.25, 0.3) is 5.91 Å². The summed E-state index contributed by atoms with van der Waals surface area (Å²) < 4.78 is 2.41. The van der Waals surface area contributed by atoms with E-state index >= 15 is 0 Å². The molecule has 1 aromatic heterocycles. The molecule has 0 bridgehead atoms. The smallest absolute Gasteiger partial charge is 0.270 e. The zero-order valence-electron chi connectivity index (χ0n) is 14.7. The standard InChI is InChI=1S/C20H15N3O2S2/c1-12(24)13-7-9-14(10-8-13)23-19(25)17(27-20(23)26)11-18-21-15-5-3-4-6-16(15)22(18)2/h3-11H,1-2H3. The van der Waals surface area contributed by atoms with Gasteiger partial charge in [-0.25, -0.2) is 4.98 Å². The third-order valence-corrected chi connectivity index (χ3v) is 5.71. The molecule has 134 valence electrons. The van der Waals surface area contributed by atoms with Gasteiger partial charge in [-0.15, -0.1) is 0 Å². The number of aromatic nitrogens is 2. The molecule has 5 nitrogen and oxygen atoms in total. The van der Waals surface area contributed by atoms with Crippen molar-refractivity contribution in [3.05, 3.63) is 64.8 Å². The minimum atomic E-state index is -0.187. The van der Waals surface area contributed by atoms with Crippen LogP contribution in [0, 0.1) is 0 Å². The number of fused-ring (bicyclic) bond motifs is 1. The van der Waals surface area contributed by atoms with E-state index in [1.165, 1.54) is 23.6 Å². The largest absolute Gasteiger partial charge is 0.328 e. The third kappa shape index (κ3) is 3.09. The first-order valence-corrected chi connectivity index (χ1v) is 9.48. The molecular formula is C20H15N3O2S2. The predicted octanol–water partition coefficient (Wildman–Crippen LogP) is 4.18. The minimum Gasteiger partial charge on any atom is -0.328 e. The number of benzene rings is 2. The monoisotopic (exact) mass is 393 g/mol. The molecule has 2 heterocycles. The number of imidazole rings is 1. The van der Waals surface area contributed by atoms with Crippen molar-refractivity contribution in [2.75, 3.05) is 4.90 Å². The highest BCUT2D eigenvalue weighted by Gasteiger charge is 2.33. The van der Waals surface area contributed by atoms with Crippen LogP contribution in [0.3, 0.4) is 0 Å². The molecule has 0 unspecified atom stereocenters. The summed E-state index contributed by atoms with van der Waals surface area (Å²) in [6.07, 6.45) is 1.77. The van der Waals surface area contributed by atoms with Gasteiger partial charge in [-0.1, -0.05) is 36.1 Å². The second kappa shape index (κ2) is 6.75. The number of aryl methyl sites for hydroxylation is 1. The Morgan fingerprint density at radius 1 is 1.15 bits per heavy atom. The molecule has 2 aromatic carbocycles. The van der Waals surface area contributed by atoms with Crippen LogP contribution in [0.5, 0.6) is 0 Å². The Kier molecular flexibility index (Phi) is 4.41. The highest BCUT2D eigenvalue weighted by molar-refractivity contribution is 8.27. The summed E-state index contributed by atoms with van der Waals surface area (Å²) in [4.78, 5) is 30.9. The van der Waals surface area contributed by atoms with Gasteiger partial charge in [0, 0.05) is 18.7 Å². The van der Waals surface area contributed by atoms with Crippen molar-refractivity contribution < 1.29 is 9.59 Å². The number of para-hydroxylation sites is 2. The summed E-state index contributed by atoms with van der Waals surface area (Å²) in [6.45, 7) is 1.51. The summed E-state index contributed by atoms with van der Waals surface area (Å²) >= 11 is 6.66. The Balaban J connectivity index is 1.68. The van der Waals surface area contributed by atoms with Crippen LogP contribution in [0.25, 0.3) is 17.1 Å². The van der Waals surface area contributed by atoms with E-state index < -0.39 is 0 Å².